The Balaban J connectivity index is 1.31. The number of carbonyl (C=O) groups is 1. The highest BCUT2D eigenvalue weighted by Crippen LogP contribution is 2.11. The summed E-state index contributed by atoms with van der Waals surface area (Å²) in [6.45, 7) is 4.88. The number of aromatic amines is 1. The van der Waals surface area contributed by atoms with Gasteiger partial charge in [-0.15, -0.1) is 0 Å². The van der Waals surface area contributed by atoms with E-state index in [1.807, 2.05) is 36.4 Å². The van der Waals surface area contributed by atoms with Crippen LogP contribution in [0, 0.1) is 0 Å². The Morgan fingerprint density at radius 2 is 1.76 bits per heavy atom. The molecule has 4 rings (SSSR count). The van der Waals surface area contributed by atoms with Gasteiger partial charge < -0.3 is 15.0 Å². The number of hydrogen-bond donors (Lipinski definition) is 2. The standard InChI is InChI=1S/C23H25N3O3/c27-22(14-20-13-19-3-1-2-4-21(19)25-23(20)28)24-15-17-5-7-18(8-6-17)16-26-9-11-29-12-10-26/h1-8,13H,9-12,14-16H2,(H,24,27)(H,25,28). The average Bonchev–Trinajstić information content (AvgIpc) is 2.74. The van der Waals surface area contributed by atoms with Crippen LogP contribution in [0.1, 0.15) is 16.7 Å². The predicted octanol–water partition coefficient (Wildman–Crippen LogP) is 2.22. The largest absolute Gasteiger partial charge is 0.379 e. The number of benzene rings is 2. The number of pyridine rings is 1. The molecule has 1 amide bonds. The molecule has 0 unspecified atom stereocenters. The van der Waals surface area contributed by atoms with Crippen molar-refractivity contribution >= 4 is 16.8 Å². The minimum Gasteiger partial charge on any atom is -0.379 e. The van der Waals surface area contributed by atoms with Gasteiger partial charge in [0.2, 0.25) is 5.91 Å². The molecule has 3 aromatic rings. The number of nitrogens with one attached hydrogen (secondary N) is 2. The number of morpholine rings is 1. The van der Waals surface area contributed by atoms with Crippen molar-refractivity contribution in [3.8, 4) is 0 Å². The smallest absolute Gasteiger partial charge is 0.252 e. The Morgan fingerprint density at radius 3 is 2.55 bits per heavy atom. The highest BCUT2D eigenvalue weighted by Gasteiger charge is 2.11. The molecule has 29 heavy (non-hydrogen) atoms. The molecule has 0 atom stereocenters. The molecular weight excluding hydrogens is 366 g/mol. The minimum absolute atomic E-state index is 0.0648. The number of rotatable bonds is 6. The molecule has 150 valence electrons. The van der Waals surface area contributed by atoms with Gasteiger partial charge in [-0.3, -0.25) is 14.5 Å². The SMILES string of the molecule is O=C(Cc1cc2ccccc2[nH]c1=O)NCc1ccc(CN2CCOCC2)cc1. The Morgan fingerprint density at radius 1 is 1.03 bits per heavy atom. The first-order valence-electron chi connectivity index (χ1n) is 9.93. The van der Waals surface area contributed by atoms with Gasteiger partial charge in [-0.25, -0.2) is 0 Å². The van der Waals surface area contributed by atoms with E-state index in [1.165, 1.54) is 5.56 Å². The number of ether oxygens (including phenoxy) is 1. The van der Waals surface area contributed by atoms with Gasteiger partial charge in [0.1, 0.15) is 0 Å². The molecule has 1 fully saturated rings. The highest BCUT2D eigenvalue weighted by atomic mass is 16.5. The molecule has 0 aliphatic carbocycles. The van der Waals surface area contributed by atoms with Crippen LogP contribution in [-0.2, 0) is 29.0 Å². The molecule has 0 radical (unpaired) electrons. The molecule has 0 saturated carbocycles. The lowest BCUT2D eigenvalue weighted by Crippen LogP contribution is -2.35. The summed E-state index contributed by atoms with van der Waals surface area (Å²) in [4.78, 5) is 29.7. The van der Waals surface area contributed by atoms with Gasteiger partial charge in [-0.2, -0.15) is 0 Å². The van der Waals surface area contributed by atoms with Gasteiger partial charge in [-0.05, 0) is 28.6 Å². The molecule has 1 aromatic heterocycles. The maximum absolute atomic E-state index is 12.3. The number of carbonyl (C=O) groups excluding carboxylic acids is 1. The number of para-hydroxylation sites is 1. The summed E-state index contributed by atoms with van der Waals surface area (Å²) < 4.78 is 5.38. The Kier molecular flexibility index (Phi) is 6.03. The topological polar surface area (TPSA) is 74.4 Å². The van der Waals surface area contributed by atoms with Crippen molar-refractivity contribution in [1.82, 2.24) is 15.2 Å². The molecule has 0 spiro atoms. The van der Waals surface area contributed by atoms with Crippen molar-refractivity contribution in [3.63, 3.8) is 0 Å². The van der Waals surface area contributed by atoms with E-state index in [1.54, 1.807) is 6.07 Å². The van der Waals surface area contributed by atoms with Gasteiger partial charge in [0, 0.05) is 37.3 Å². The fourth-order valence-corrected chi connectivity index (χ4v) is 3.54. The van der Waals surface area contributed by atoms with Gasteiger partial charge in [0.15, 0.2) is 0 Å². The van der Waals surface area contributed by atoms with Crippen molar-refractivity contribution in [1.29, 1.82) is 0 Å². The van der Waals surface area contributed by atoms with E-state index in [2.05, 4.69) is 27.3 Å². The van der Waals surface area contributed by atoms with Crippen LogP contribution in [0.4, 0.5) is 0 Å². The summed E-state index contributed by atoms with van der Waals surface area (Å²) in [6, 6.07) is 17.6. The van der Waals surface area contributed by atoms with Crippen LogP contribution in [0.3, 0.4) is 0 Å². The van der Waals surface area contributed by atoms with E-state index in [4.69, 9.17) is 4.74 Å². The first-order chi connectivity index (χ1) is 14.2. The van der Waals surface area contributed by atoms with E-state index >= 15 is 0 Å². The van der Waals surface area contributed by atoms with Gasteiger partial charge in [0.05, 0.1) is 19.6 Å². The predicted molar refractivity (Wildman–Crippen MR) is 113 cm³/mol. The van der Waals surface area contributed by atoms with Crippen LogP contribution in [-0.4, -0.2) is 42.1 Å². The maximum Gasteiger partial charge on any atom is 0.252 e. The zero-order chi connectivity index (χ0) is 20.1. The summed E-state index contributed by atoms with van der Waals surface area (Å²) in [7, 11) is 0. The van der Waals surface area contributed by atoms with Crippen LogP contribution < -0.4 is 10.9 Å². The number of amides is 1. The van der Waals surface area contributed by atoms with Crippen LogP contribution in [0.5, 0.6) is 0 Å². The fraction of sp³-hybridized carbons (Fsp3) is 0.304. The summed E-state index contributed by atoms with van der Waals surface area (Å²) in [6.07, 6.45) is 0.0648. The molecule has 6 nitrogen and oxygen atoms in total. The highest BCUT2D eigenvalue weighted by molar-refractivity contribution is 5.82. The van der Waals surface area contributed by atoms with Crippen molar-refractivity contribution in [3.05, 3.63) is 81.6 Å². The minimum atomic E-state index is -0.216. The molecule has 1 saturated heterocycles. The quantitative estimate of drug-likeness (QED) is 0.676. The van der Waals surface area contributed by atoms with Crippen molar-refractivity contribution in [2.24, 2.45) is 0 Å². The van der Waals surface area contributed by atoms with E-state index in [9.17, 15) is 9.59 Å². The van der Waals surface area contributed by atoms with Crippen molar-refractivity contribution < 1.29 is 9.53 Å². The Labute approximate surface area is 169 Å². The zero-order valence-electron chi connectivity index (χ0n) is 16.3. The molecule has 6 heteroatoms. The van der Waals surface area contributed by atoms with Crippen LogP contribution in [0.15, 0.2) is 59.4 Å². The second-order valence-corrected chi connectivity index (χ2v) is 7.37. The first-order valence-corrected chi connectivity index (χ1v) is 9.93. The third kappa shape index (κ3) is 5.10. The van der Waals surface area contributed by atoms with Crippen molar-refractivity contribution in [2.75, 3.05) is 26.3 Å². The van der Waals surface area contributed by atoms with Gasteiger partial charge in [0.25, 0.3) is 5.56 Å². The number of fused-ring (bicyclic) bond motifs is 1. The average molecular weight is 391 g/mol. The molecule has 1 aliphatic rings. The van der Waals surface area contributed by atoms with E-state index in [0.717, 1.165) is 49.3 Å². The zero-order valence-corrected chi connectivity index (χ0v) is 16.3. The number of hydrogen-bond acceptors (Lipinski definition) is 4. The molecular formula is C23H25N3O3. The lowest BCUT2D eigenvalue weighted by atomic mass is 10.1. The normalized spacial score (nSPS) is 14.8. The fourth-order valence-electron chi connectivity index (χ4n) is 3.54. The molecule has 0 bridgehead atoms. The third-order valence-corrected chi connectivity index (χ3v) is 5.20. The van der Waals surface area contributed by atoms with Crippen LogP contribution in [0.25, 0.3) is 10.9 Å². The first kappa shape index (κ1) is 19.4. The van der Waals surface area contributed by atoms with E-state index < -0.39 is 0 Å². The lowest BCUT2D eigenvalue weighted by Gasteiger charge is -2.26. The van der Waals surface area contributed by atoms with E-state index in [0.29, 0.717) is 12.1 Å². The van der Waals surface area contributed by atoms with Crippen molar-refractivity contribution in [2.45, 2.75) is 19.5 Å². The summed E-state index contributed by atoms with van der Waals surface area (Å²) in [5.41, 5.74) is 3.33. The second-order valence-electron chi connectivity index (χ2n) is 7.37. The Bertz CT molecular complexity index is 1040. The summed E-state index contributed by atoms with van der Waals surface area (Å²) >= 11 is 0. The molecule has 2 aromatic carbocycles. The molecule has 1 aliphatic heterocycles. The second kappa shape index (κ2) is 9.03. The maximum atomic E-state index is 12.3. The number of nitrogens with zero attached hydrogens (tertiary/aromatic N) is 1. The molecule has 2 N–H and O–H groups in total. The number of aromatic nitrogens is 1. The summed E-state index contributed by atoms with van der Waals surface area (Å²) in [5, 5.41) is 3.83. The lowest BCUT2D eigenvalue weighted by molar-refractivity contribution is -0.120. The third-order valence-electron chi connectivity index (χ3n) is 5.20. The van der Waals surface area contributed by atoms with Gasteiger partial charge >= 0.3 is 0 Å². The van der Waals surface area contributed by atoms with Gasteiger partial charge in [-0.1, -0.05) is 42.5 Å². The Hall–Kier alpha value is -2.96. The van der Waals surface area contributed by atoms with E-state index in [-0.39, 0.29) is 17.9 Å². The van der Waals surface area contributed by atoms with Crippen LogP contribution >= 0.6 is 0 Å². The monoisotopic (exact) mass is 391 g/mol. The number of H-pyrrole nitrogens is 1. The van der Waals surface area contributed by atoms with Crippen LogP contribution in [0.2, 0.25) is 0 Å². The summed E-state index contributed by atoms with van der Waals surface area (Å²) in [5.74, 6) is -0.164. The molecule has 2 heterocycles.